The molecule has 0 aromatic carbocycles. The fourth-order valence-electron chi connectivity index (χ4n) is 22.2. The van der Waals surface area contributed by atoms with Gasteiger partial charge in [-0.3, -0.25) is 0 Å². The summed E-state index contributed by atoms with van der Waals surface area (Å²) in [5.41, 5.74) is 0.341. The second-order valence-corrected chi connectivity index (χ2v) is 39.9. The van der Waals surface area contributed by atoms with E-state index in [1.165, 1.54) is 0 Å². The van der Waals surface area contributed by atoms with Crippen molar-refractivity contribution in [3.8, 4) is 0 Å². The van der Waals surface area contributed by atoms with E-state index in [-0.39, 0.29) is 15.1 Å². The molecule has 5 heteroatoms. The third-order valence-electron chi connectivity index (χ3n) is 17.5. The first kappa shape index (κ1) is 11.4. The predicted molar refractivity (Wildman–Crippen MR) is 85.3 cm³/mol. The third-order valence-corrected chi connectivity index (χ3v) is 67.4. The van der Waals surface area contributed by atoms with Gasteiger partial charge in [-0.15, -0.1) is 0 Å². The zero-order valence-electron chi connectivity index (χ0n) is 14.6. The van der Waals surface area contributed by atoms with Crippen molar-refractivity contribution < 1.29 is 20.9 Å². The Kier molecular flexibility index (Phi) is 0.500. The molecule has 10 aliphatic heterocycles. The molecule has 0 saturated carbocycles. The molecule has 10 aliphatic rings. The van der Waals surface area contributed by atoms with E-state index in [1.54, 1.807) is 0 Å². The molecule has 1 spiro atoms. The Labute approximate surface area is 127 Å². The SMILES string of the molecule is CC(C)(C)[C]12[CH]3[CH]4[C]5(P(=O)(O)O)[C]1(C(C)(C)C)[Fe]34251678[CH]2[CH]1[CH]6[CH]7[CH]28. The molecule has 10 heterocycles. The van der Waals surface area contributed by atoms with Gasteiger partial charge in [0.15, 0.2) is 0 Å². The van der Waals surface area contributed by atoms with E-state index >= 15 is 0 Å². The Balaban J connectivity index is 1.63. The van der Waals surface area contributed by atoms with Gasteiger partial charge >= 0.3 is 127 Å². The van der Waals surface area contributed by atoms with E-state index in [0.717, 1.165) is 28.9 Å². The standard InChI is InChI=1S/C13H22O3P.C5H5.Fe/c1-12(2,3)9-7-8-10(17(14,15)16)11(9)13(4,5)6;1-2-4-5-3-1;/h7-8H,1-6H3,(H2,14,15,16);1-5H;. The molecule has 10 fully saturated rings. The summed E-state index contributed by atoms with van der Waals surface area (Å²) in [6.07, 6.45) is 0. The average Bonchev–Trinajstić information content (AvgIpc) is 3.28. The van der Waals surface area contributed by atoms with Crippen molar-refractivity contribution in [3.63, 3.8) is 0 Å². The van der Waals surface area contributed by atoms with Crippen LogP contribution in [0.2, 0.25) is 42.3 Å². The van der Waals surface area contributed by atoms with Gasteiger partial charge < -0.3 is 0 Å². The van der Waals surface area contributed by atoms with E-state index < -0.39 is 18.2 Å². The summed E-state index contributed by atoms with van der Waals surface area (Å²) in [5, 5.41) is 0. The molecule has 0 aromatic rings. The van der Waals surface area contributed by atoms with Crippen molar-refractivity contribution in [2.75, 3.05) is 0 Å². The van der Waals surface area contributed by atoms with Crippen LogP contribution in [-0.4, -0.2) is 13.8 Å². The Hall–Kier alpha value is 0.669. The van der Waals surface area contributed by atoms with E-state index in [2.05, 4.69) is 41.5 Å². The minimum absolute atomic E-state index is 0.0844. The monoisotopic (exact) mass is 378 g/mol. The van der Waals surface area contributed by atoms with Gasteiger partial charge in [-0.1, -0.05) is 0 Å². The van der Waals surface area contributed by atoms with E-state index in [0.29, 0.717) is 9.13 Å². The van der Waals surface area contributed by atoms with Gasteiger partial charge in [-0.05, 0) is 0 Å². The van der Waals surface area contributed by atoms with Gasteiger partial charge in [-0.2, -0.15) is 0 Å². The van der Waals surface area contributed by atoms with Crippen molar-refractivity contribution in [1.29, 1.82) is 0 Å². The molecule has 2 N–H and O–H groups in total. The predicted octanol–water partition coefficient (Wildman–Crippen LogP) is 5.29. The van der Waals surface area contributed by atoms with Gasteiger partial charge in [0.1, 0.15) is 0 Å². The van der Waals surface area contributed by atoms with Crippen LogP contribution in [0.25, 0.3) is 0 Å². The zero-order valence-corrected chi connectivity index (χ0v) is 16.6. The molecule has 3 nitrogen and oxygen atoms in total. The van der Waals surface area contributed by atoms with Crippen molar-refractivity contribution in [1.82, 2.24) is 0 Å². The van der Waals surface area contributed by atoms with Crippen molar-refractivity contribution in [2.45, 2.75) is 87.9 Å². The first-order valence-corrected chi connectivity index (χ1v) is 17.1. The van der Waals surface area contributed by atoms with Gasteiger partial charge in [0.05, 0.1) is 0 Å². The molecule has 0 bridgehead atoms. The maximum absolute atomic E-state index is 13.2. The quantitative estimate of drug-likeness (QED) is 0.481. The molecule has 23 heavy (non-hydrogen) atoms. The molecule has 10 saturated heterocycles. The van der Waals surface area contributed by atoms with Crippen LogP contribution in [0.3, 0.4) is 0 Å². The Morgan fingerprint density at radius 1 is 0.826 bits per heavy atom. The summed E-state index contributed by atoms with van der Waals surface area (Å²) >= 11 is 0. The molecule has 130 valence electrons. The average molecular weight is 378 g/mol. The zero-order chi connectivity index (χ0) is 16.4. The van der Waals surface area contributed by atoms with Crippen LogP contribution in [0.15, 0.2) is 0 Å². The van der Waals surface area contributed by atoms with Gasteiger partial charge in [0.25, 0.3) is 0 Å². The molecular weight excluding hydrogens is 351 g/mol. The molecule has 10 rings (SSSR count). The summed E-state index contributed by atoms with van der Waals surface area (Å²) in [4.78, 5) is 27.7. The summed E-state index contributed by atoms with van der Waals surface area (Å²) in [6, 6.07) is 0. The van der Waals surface area contributed by atoms with Crippen molar-refractivity contribution in [3.05, 3.63) is 0 Å². The van der Waals surface area contributed by atoms with Gasteiger partial charge in [-0.25, -0.2) is 0 Å². The van der Waals surface area contributed by atoms with E-state index in [1.807, 2.05) is 0 Å². The summed E-state index contributed by atoms with van der Waals surface area (Å²) < 4.78 is 13.4. The van der Waals surface area contributed by atoms with Crippen LogP contribution in [0.4, 0.5) is 0 Å². The Bertz CT molecular complexity index is 1280. The van der Waals surface area contributed by atoms with Crippen LogP contribution in [0, 0.1) is 10.8 Å². The van der Waals surface area contributed by atoms with Gasteiger partial charge in [0, 0.05) is 0 Å². The molecular formula is C18H27FeO3P. The fourth-order valence-corrected chi connectivity index (χ4v) is 119. The van der Waals surface area contributed by atoms with Crippen molar-refractivity contribution >= 4 is 7.60 Å². The van der Waals surface area contributed by atoms with Crippen LogP contribution >= 0.6 is 7.60 Å². The molecule has 0 aliphatic carbocycles. The fraction of sp³-hybridized carbons (Fsp3) is 1.00. The Morgan fingerprint density at radius 2 is 1.26 bits per heavy atom. The van der Waals surface area contributed by atoms with Crippen LogP contribution < -0.4 is 0 Å². The first-order valence-electron chi connectivity index (χ1n) is 9.34. The van der Waals surface area contributed by atoms with Crippen molar-refractivity contribution in [2.24, 2.45) is 10.8 Å². The number of hydrogen-bond acceptors (Lipinski definition) is 1. The van der Waals surface area contributed by atoms with Crippen LogP contribution in [0.5, 0.6) is 0 Å². The first-order chi connectivity index (χ1) is 10.1. The number of rotatable bonds is 1. The second-order valence-electron chi connectivity index (χ2n) is 14.8. The van der Waals surface area contributed by atoms with Crippen LogP contribution in [-0.2, 0) is 11.1 Å². The molecule has 5 unspecified atom stereocenters. The molecule has 0 radical (unpaired) electrons. The molecule has 0 aromatic heterocycles. The third kappa shape index (κ3) is 0.134. The van der Waals surface area contributed by atoms with Gasteiger partial charge in [0.2, 0.25) is 0 Å². The summed E-state index contributed by atoms with van der Waals surface area (Å²) in [6.45, 7) is 10.2. The normalized spacial score (nSPS) is 100. The topological polar surface area (TPSA) is 57.5 Å². The number of fused-ring (bicyclic) bond motifs is 10. The minimum atomic E-state index is -4.26. The van der Waals surface area contributed by atoms with E-state index in [4.69, 9.17) is 0 Å². The van der Waals surface area contributed by atoms with Crippen LogP contribution in [0.1, 0.15) is 41.5 Å². The van der Waals surface area contributed by atoms with E-state index in [9.17, 15) is 14.4 Å². The molecule has 5 atom stereocenters. The Morgan fingerprint density at radius 3 is 1.48 bits per heavy atom. The summed E-state index contributed by atoms with van der Waals surface area (Å²) in [7, 11) is -4.02. The second kappa shape index (κ2) is 1.01. The summed E-state index contributed by atoms with van der Waals surface area (Å²) in [5.74, 6) is 0. The maximum atomic E-state index is 13.2. The number of hydrogen-bond donors (Lipinski definition) is 2. The molecule has 0 amide bonds.